The molecule has 1 amide bonds. The van der Waals surface area contributed by atoms with Crippen molar-refractivity contribution in [2.24, 2.45) is 0 Å². The fourth-order valence-corrected chi connectivity index (χ4v) is 2.29. The van der Waals surface area contributed by atoms with Crippen LogP contribution in [-0.2, 0) is 11.6 Å². The van der Waals surface area contributed by atoms with Crippen LogP contribution in [0.3, 0.4) is 0 Å². The number of nitrogens with one attached hydrogen (secondary N) is 1. The summed E-state index contributed by atoms with van der Waals surface area (Å²) in [5.74, 6) is -2.58. The zero-order valence-corrected chi connectivity index (χ0v) is 13.5. The van der Waals surface area contributed by atoms with E-state index in [1.165, 1.54) is 12.1 Å². The summed E-state index contributed by atoms with van der Waals surface area (Å²) in [5, 5.41) is 2.47. The molecule has 0 fully saturated rings. The normalized spacial score (nSPS) is 12.1. The summed E-state index contributed by atoms with van der Waals surface area (Å²) in [7, 11) is 0. The molecule has 1 N–H and O–H groups in total. The second kappa shape index (κ2) is 6.82. The molecule has 0 radical (unpaired) electrons. The van der Waals surface area contributed by atoms with Gasteiger partial charge in [-0.05, 0) is 23.8 Å². The van der Waals surface area contributed by atoms with Gasteiger partial charge in [0.25, 0.3) is 5.91 Å². The van der Waals surface area contributed by atoms with Crippen LogP contribution in [0.25, 0.3) is 0 Å². The lowest BCUT2D eigenvalue weighted by Crippen LogP contribution is -2.37. The lowest BCUT2D eigenvalue weighted by atomic mass is 9.83. The Bertz CT molecular complexity index is 783. The van der Waals surface area contributed by atoms with Gasteiger partial charge in [-0.1, -0.05) is 32.0 Å². The van der Waals surface area contributed by atoms with Crippen LogP contribution < -0.4 is 5.32 Å². The number of carbonyl (C=O) groups excluding carboxylic acids is 1. The van der Waals surface area contributed by atoms with Crippen molar-refractivity contribution in [2.75, 3.05) is 6.54 Å². The first-order valence-corrected chi connectivity index (χ1v) is 7.42. The van der Waals surface area contributed by atoms with Crippen LogP contribution in [0.1, 0.15) is 35.3 Å². The Morgan fingerprint density at radius 1 is 1.00 bits per heavy atom. The average Bonchev–Trinajstić information content (AvgIpc) is 2.52. The van der Waals surface area contributed by atoms with Gasteiger partial charge in [0.15, 0.2) is 0 Å². The molecule has 0 saturated heterocycles. The number of hydrogen-bond donors (Lipinski definition) is 1. The molecule has 0 aliphatic carbocycles. The number of carbonyl (C=O) groups is 1. The molecule has 7 heteroatoms. The molecule has 2 aromatic rings. The number of halogens is 5. The first-order chi connectivity index (χ1) is 11.5. The van der Waals surface area contributed by atoms with E-state index in [1.54, 1.807) is 13.8 Å². The highest BCUT2D eigenvalue weighted by atomic mass is 19.4. The minimum absolute atomic E-state index is 0.0238. The van der Waals surface area contributed by atoms with Gasteiger partial charge in [-0.3, -0.25) is 4.79 Å². The van der Waals surface area contributed by atoms with Crippen molar-refractivity contribution in [2.45, 2.75) is 25.4 Å². The van der Waals surface area contributed by atoms with Crippen LogP contribution in [0.2, 0.25) is 0 Å². The summed E-state index contributed by atoms with van der Waals surface area (Å²) < 4.78 is 65.0. The third kappa shape index (κ3) is 4.55. The molecular formula is C18H16F5NO. The maximum atomic E-state index is 13.6. The summed E-state index contributed by atoms with van der Waals surface area (Å²) in [6, 6.07) is 7.36. The van der Waals surface area contributed by atoms with E-state index in [2.05, 4.69) is 5.32 Å². The Morgan fingerprint density at radius 2 is 1.64 bits per heavy atom. The minimum atomic E-state index is -4.47. The van der Waals surface area contributed by atoms with Crippen LogP contribution >= 0.6 is 0 Å². The highest BCUT2D eigenvalue weighted by Crippen LogP contribution is 2.32. The van der Waals surface area contributed by atoms with E-state index in [9.17, 15) is 26.7 Å². The Morgan fingerprint density at radius 3 is 2.24 bits per heavy atom. The summed E-state index contributed by atoms with van der Waals surface area (Å²) in [6.07, 6.45) is -4.47. The molecule has 2 nitrogen and oxygen atoms in total. The maximum Gasteiger partial charge on any atom is 0.416 e. The highest BCUT2D eigenvalue weighted by molar-refractivity contribution is 5.94. The van der Waals surface area contributed by atoms with Gasteiger partial charge < -0.3 is 5.32 Å². The molecule has 25 heavy (non-hydrogen) atoms. The SMILES string of the molecule is CC(C)(CNC(=O)c1ccc(F)cc1F)c1cccc(C(F)(F)F)c1. The molecule has 0 spiro atoms. The largest absolute Gasteiger partial charge is 0.416 e. The van der Waals surface area contributed by atoms with Crippen molar-refractivity contribution in [1.82, 2.24) is 5.32 Å². The van der Waals surface area contributed by atoms with Gasteiger partial charge in [-0.25, -0.2) is 8.78 Å². The van der Waals surface area contributed by atoms with Crippen molar-refractivity contribution < 1.29 is 26.7 Å². The highest BCUT2D eigenvalue weighted by Gasteiger charge is 2.32. The molecule has 2 aromatic carbocycles. The maximum absolute atomic E-state index is 13.6. The van der Waals surface area contributed by atoms with Crippen LogP contribution in [-0.4, -0.2) is 12.5 Å². The molecular weight excluding hydrogens is 341 g/mol. The van der Waals surface area contributed by atoms with Gasteiger partial charge in [-0.2, -0.15) is 13.2 Å². The van der Waals surface area contributed by atoms with E-state index in [0.29, 0.717) is 11.6 Å². The summed E-state index contributed by atoms with van der Waals surface area (Å²) >= 11 is 0. The second-order valence-electron chi connectivity index (χ2n) is 6.27. The average molecular weight is 357 g/mol. The molecule has 0 aromatic heterocycles. The van der Waals surface area contributed by atoms with Gasteiger partial charge in [0.2, 0.25) is 0 Å². The smallest absolute Gasteiger partial charge is 0.351 e. The summed E-state index contributed by atoms with van der Waals surface area (Å²) in [6.45, 7) is 3.29. The molecule has 0 aliphatic heterocycles. The molecule has 0 saturated carbocycles. The Balaban J connectivity index is 2.15. The summed E-state index contributed by atoms with van der Waals surface area (Å²) in [4.78, 5) is 12.0. The predicted molar refractivity (Wildman–Crippen MR) is 83.2 cm³/mol. The van der Waals surface area contributed by atoms with E-state index in [-0.39, 0.29) is 12.1 Å². The second-order valence-corrected chi connectivity index (χ2v) is 6.27. The van der Waals surface area contributed by atoms with Crippen LogP contribution in [0, 0.1) is 11.6 Å². The lowest BCUT2D eigenvalue weighted by Gasteiger charge is -2.26. The van der Waals surface area contributed by atoms with E-state index < -0.39 is 34.7 Å². The molecule has 0 unspecified atom stereocenters. The molecule has 134 valence electrons. The molecule has 0 atom stereocenters. The Labute approximate surface area is 141 Å². The first kappa shape index (κ1) is 18.9. The fourth-order valence-electron chi connectivity index (χ4n) is 2.29. The van der Waals surface area contributed by atoms with Crippen molar-refractivity contribution in [3.05, 3.63) is 70.8 Å². The van der Waals surface area contributed by atoms with Crippen molar-refractivity contribution in [3.63, 3.8) is 0 Å². The monoisotopic (exact) mass is 357 g/mol. The number of alkyl halides is 3. The standard InChI is InChI=1S/C18H16F5NO/c1-17(2,11-4-3-5-12(8-11)18(21,22)23)10-24-16(25)14-7-6-13(19)9-15(14)20/h3-9H,10H2,1-2H3,(H,24,25). The Kier molecular flexibility index (Phi) is 5.15. The lowest BCUT2D eigenvalue weighted by molar-refractivity contribution is -0.137. The fraction of sp³-hybridized carbons (Fsp3) is 0.278. The van der Waals surface area contributed by atoms with Gasteiger partial charge in [0.05, 0.1) is 11.1 Å². The van der Waals surface area contributed by atoms with Crippen molar-refractivity contribution >= 4 is 5.91 Å². The van der Waals surface area contributed by atoms with Crippen LogP contribution in [0.4, 0.5) is 22.0 Å². The Hall–Kier alpha value is -2.44. The first-order valence-electron chi connectivity index (χ1n) is 7.42. The third-order valence-electron chi connectivity index (χ3n) is 3.84. The van der Waals surface area contributed by atoms with Gasteiger partial charge >= 0.3 is 6.18 Å². The molecule has 0 aliphatic rings. The van der Waals surface area contributed by atoms with Gasteiger partial charge in [0, 0.05) is 18.0 Å². The predicted octanol–water partition coefficient (Wildman–Crippen LogP) is 4.69. The number of amides is 1. The van der Waals surface area contributed by atoms with E-state index in [1.807, 2.05) is 0 Å². The number of rotatable bonds is 4. The van der Waals surface area contributed by atoms with Crippen LogP contribution in [0.15, 0.2) is 42.5 Å². The summed E-state index contributed by atoms with van der Waals surface area (Å²) in [5.41, 5.74) is -1.56. The zero-order valence-electron chi connectivity index (χ0n) is 13.5. The van der Waals surface area contributed by atoms with Crippen molar-refractivity contribution in [3.8, 4) is 0 Å². The zero-order chi connectivity index (χ0) is 18.8. The quantitative estimate of drug-likeness (QED) is 0.790. The van der Waals surface area contributed by atoms with E-state index >= 15 is 0 Å². The van der Waals surface area contributed by atoms with Gasteiger partial charge in [-0.15, -0.1) is 0 Å². The molecule has 0 heterocycles. The van der Waals surface area contributed by atoms with E-state index in [4.69, 9.17) is 0 Å². The van der Waals surface area contributed by atoms with Crippen LogP contribution in [0.5, 0.6) is 0 Å². The molecule has 0 bridgehead atoms. The van der Waals surface area contributed by atoms with E-state index in [0.717, 1.165) is 24.3 Å². The van der Waals surface area contributed by atoms with Crippen molar-refractivity contribution in [1.29, 1.82) is 0 Å². The number of hydrogen-bond acceptors (Lipinski definition) is 1. The molecule has 2 rings (SSSR count). The minimum Gasteiger partial charge on any atom is -0.351 e. The number of benzene rings is 2. The topological polar surface area (TPSA) is 29.1 Å². The third-order valence-corrected chi connectivity index (χ3v) is 3.84. The van der Waals surface area contributed by atoms with Gasteiger partial charge in [0.1, 0.15) is 11.6 Å².